The summed E-state index contributed by atoms with van der Waals surface area (Å²) in [5.41, 5.74) is 1.88. The van der Waals surface area contributed by atoms with Crippen LogP contribution >= 0.6 is 0 Å². The molecule has 9 nitrogen and oxygen atoms in total. The third kappa shape index (κ3) is 7.82. The van der Waals surface area contributed by atoms with E-state index in [0.29, 0.717) is 5.92 Å². The molecule has 0 atom stereocenters. The molecule has 1 amide bonds. The van der Waals surface area contributed by atoms with E-state index in [1.165, 1.54) is 18.9 Å². The number of carbonyl (C=O) groups is 2. The lowest BCUT2D eigenvalue weighted by atomic mass is 9.79. The molecule has 10 heteroatoms. The molecule has 2 aromatic carbocycles. The zero-order chi connectivity index (χ0) is 27.0. The minimum absolute atomic E-state index is 0.0553. The summed E-state index contributed by atoms with van der Waals surface area (Å²) in [7, 11) is -3.92. The average molecular weight is 541 g/mol. The molecule has 4 rings (SSSR count). The number of sulfonamides is 1. The fourth-order valence-corrected chi connectivity index (χ4v) is 6.13. The SMILES string of the molecule is O=C(O)CCNC(=O)c1ccc(N2CCC(C3CCNCC3)CC2)cc1NS(=O)(=O)/C=C/c1ccccc1. The summed E-state index contributed by atoms with van der Waals surface area (Å²) in [6, 6.07) is 14.2. The smallest absolute Gasteiger partial charge is 0.305 e. The number of hydrogen-bond donors (Lipinski definition) is 4. The molecular weight excluding hydrogens is 504 g/mol. The Labute approximate surface area is 224 Å². The van der Waals surface area contributed by atoms with Crippen LogP contribution in [0.3, 0.4) is 0 Å². The molecule has 0 radical (unpaired) electrons. The third-order valence-electron chi connectivity index (χ3n) is 7.32. The first-order chi connectivity index (χ1) is 18.3. The molecule has 204 valence electrons. The summed E-state index contributed by atoms with van der Waals surface area (Å²) in [5, 5.41) is 16.0. The number of aliphatic carboxylic acids is 1. The van der Waals surface area contributed by atoms with E-state index in [0.717, 1.165) is 61.6 Å². The molecule has 2 aliphatic heterocycles. The highest BCUT2D eigenvalue weighted by atomic mass is 32.2. The van der Waals surface area contributed by atoms with Crippen molar-refractivity contribution in [2.45, 2.75) is 32.1 Å². The number of nitrogens with one attached hydrogen (secondary N) is 3. The zero-order valence-corrected chi connectivity index (χ0v) is 22.3. The second-order valence-corrected chi connectivity index (χ2v) is 11.5. The molecule has 0 spiro atoms. The van der Waals surface area contributed by atoms with Gasteiger partial charge in [-0.25, -0.2) is 8.42 Å². The van der Waals surface area contributed by atoms with Crippen LogP contribution in [-0.2, 0) is 14.8 Å². The van der Waals surface area contributed by atoms with Crippen molar-refractivity contribution in [3.8, 4) is 0 Å². The fraction of sp³-hybridized carbons (Fsp3) is 0.429. The van der Waals surface area contributed by atoms with E-state index < -0.39 is 21.9 Å². The molecule has 2 fully saturated rings. The highest BCUT2D eigenvalue weighted by Gasteiger charge is 2.28. The largest absolute Gasteiger partial charge is 0.481 e. The Kier molecular flexibility index (Phi) is 9.41. The number of carbonyl (C=O) groups excluding carboxylic acids is 1. The molecule has 0 aliphatic carbocycles. The van der Waals surface area contributed by atoms with Crippen molar-refractivity contribution in [3.05, 3.63) is 65.1 Å². The van der Waals surface area contributed by atoms with Gasteiger partial charge in [-0.2, -0.15) is 0 Å². The standard InChI is InChI=1S/C28H36N4O5S/c33-27(34)10-16-30-28(35)25-7-6-24(32-17-11-23(12-18-32)22-8-14-29-15-9-22)20-26(25)31-38(36,37)19-13-21-4-2-1-3-5-21/h1-7,13,19-20,22-23,29,31H,8-12,14-18H2,(H,30,35)(H,33,34)/b19-13+. The molecule has 2 aliphatic rings. The van der Waals surface area contributed by atoms with Crippen LogP contribution < -0.4 is 20.3 Å². The van der Waals surface area contributed by atoms with Crippen molar-refractivity contribution in [3.63, 3.8) is 0 Å². The Balaban J connectivity index is 1.51. The number of rotatable bonds is 10. The molecule has 38 heavy (non-hydrogen) atoms. The number of hydrogen-bond acceptors (Lipinski definition) is 6. The van der Waals surface area contributed by atoms with E-state index in [-0.39, 0.29) is 24.2 Å². The predicted molar refractivity (Wildman–Crippen MR) is 150 cm³/mol. The van der Waals surface area contributed by atoms with E-state index >= 15 is 0 Å². The van der Waals surface area contributed by atoms with Crippen molar-refractivity contribution < 1.29 is 23.1 Å². The van der Waals surface area contributed by atoms with Crippen LogP contribution in [0.15, 0.2) is 53.9 Å². The quantitative estimate of drug-likeness (QED) is 0.363. The summed E-state index contributed by atoms with van der Waals surface area (Å²) in [6.07, 6.45) is 5.88. The van der Waals surface area contributed by atoms with Crippen LogP contribution in [0, 0.1) is 11.8 Å². The lowest BCUT2D eigenvalue weighted by Gasteiger charge is -2.39. The molecule has 2 heterocycles. The summed E-state index contributed by atoms with van der Waals surface area (Å²) < 4.78 is 28.4. The Morgan fingerprint density at radius 2 is 1.68 bits per heavy atom. The van der Waals surface area contributed by atoms with Gasteiger partial charge in [0.2, 0.25) is 0 Å². The van der Waals surface area contributed by atoms with Crippen molar-refractivity contribution in [2.75, 3.05) is 42.3 Å². The molecule has 0 aromatic heterocycles. The zero-order valence-electron chi connectivity index (χ0n) is 21.4. The fourth-order valence-electron chi connectivity index (χ4n) is 5.25. The van der Waals surface area contributed by atoms with E-state index in [4.69, 9.17) is 5.11 Å². The van der Waals surface area contributed by atoms with Gasteiger partial charge in [-0.3, -0.25) is 14.3 Å². The number of benzene rings is 2. The number of piperidine rings is 2. The molecule has 0 saturated carbocycles. The van der Waals surface area contributed by atoms with Gasteiger partial charge in [-0.15, -0.1) is 0 Å². The lowest BCUT2D eigenvalue weighted by Crippen LogP contribution is -2.39. The van der Waals surface area contributed by atoms with Crippen LogP contribution in [0.25, 0.3) is 6.08 Å². The summed E-state index contributed by atoms with van der Waals surface area (Å²) in [5.74, 6) is -0.101. The number of carboxylic acid groups (broad SMARTS) is 1. The number of amides is 1. The molecule has 4 N–H and O–H groups in total. The van der Waals surface area contributed by atoms with E-state index in [1.807, 2.05) is 24.3 Å². The second kappa shape index (κ2) is 12.9. The minimum Gasteiger partial charge on any atom is -0.481 e. The van der Waals surface area contributed by atoms with Gasteiger partial charge >= 0.3 is 5.97 Å². The van der Waals surface area contributed by atoms with E-state index in [9.17, 15) is 18.0 Å². The van der Waals surface area contributed by atoms with Crippen molar-refractivity contribution in [1.29, 1.82) is 0 Å². The van der Waals surface area contributed by atoms with Gasteiger partial charge in [-0.05, 0) is 80.4 Å². The minimum atomic E-state index is -3.92. The Hall–Kier alpha value is -3.37. The van der Waals surface area contributed by atoms with E-state index in [1.54, 1.807) is 24.3 Å². The topological polar surface area (TPSA) is 128 Å². The van der Waals surface area contributed by atoms with Gasteiger partial charge < -0.3 is 20.6 Å². The normalized spacial score (nSPS) is 17.4. The van der Waals surface area contributed by atoms with Gasteiger partial charge in [-0.1, -0.05) is 30.3 Å². The lowest BCUT2D eigenvalue weighted by molar-refractivity contribution is -0.136. The second-order valence-electron chi connectivity index (χ2n) is 9.90. The monoisotopic (exact) mass is 540 g/mol. The number of anilines is 2. The van der Waals surface area contributed by atoms with E-state index in [2.05, 4.69) is 20.3 Å². The Morgan fingerprint density at radius 3 is 2.37 bits per heavy atom. The van der Waals surface area contributed by atoms with Crippen molar-refractivity contribution in [1.82, 2.24) is 10.6 Å². The Bertz CT molecular complexity index is 1240. The van der Waals surface area contributed by atoms with Crippen LogP contribution in [0.5, 0.6) is 0 Å². The first-order valence-corrected chi connectivity index (χ1v) is 14.7. The van der Waals surface area contributed by atoms with Crippen LogP contribution in [0.1, 0.15) is 48.0 Å². The molecule has 2 saturated heterocycles. The van der Waals surface area contributed by atoms with Crippen LogP contribution in [0.4, 0.5) is 11.4 Å². The maximum atomic E-state index is 12.9. The summed E-state index contributed by atoms with van der Waals surface area (Å²) in [6.45, 7) is 3.87. The Morgan fingerprint density at radius 1 is 1.00 bits per heavy atom. The first kappa shape index (κ1) is 27.7. The molecule has 2 aromatic rings. The maximum Gasteiger partial charge on any atom is 0.305 e. The van der Waals surface area contributed by atoms with Gasteiger partial charge in [0.05, 0.1) is 23.1 Å². The molecular formula is C28H36N4O5S. The summed E-state index contributed by atoms with van der Waals surface area (Å²) in [4.78, 5) is 25.9. The van der Waals surface area contributed by atoms with Crippen molar-refractivity contribution >= 4 is 39.4 Å². The van der Waals surface area contributed by atoms with Gasteiger partial charge in [0.25, 0.3) is 15.9 Å². The van der Waals surface area contributed by atoms with Crippen molar-refractivity contribution in [2.24, 2.45) is 11.8 Å². The predicted octanol–water partition coefficient (Wildman–Crippen LogP) is 3.52. The van der Waals surface area contributed by atoms with Gasteiger partial charge in [0, 0.05) is 25.3 Å². The summed E-state index contributed by atoms with van der Waals surface area (Å²) >= 11 is 0. The first-order valence-electron chi connectivity index (χ1n) is 13.2. The third-order valence-corrected chi connectivity index (χ3v) is 8.32. The van der Waals surface area contributed by atoms with Gasteiger partial charge in [0.15, 0.2) is 0 Å². The van der Waals surface area contributed by atoms with Crippen LogP contribution in [0.2, 0.25) is 0 Å². The molecule has 0 unspecified atom stereocenters. The van der Waals surface area contributed by atoms with Crippen LogP contribution in [-0.4, -0.2) is 58.1 Å². The number of carboxylic acids is 1. The molecule has 0 bridgehead atoms. The average Bonchev–Trinajstić information content (AvgIpc) is 2.93. The highest BCUT2D eigenvalue weighted by Crippen LogP contribution is 2.34. The number of nitrogens with zero attached hydrogens (tertiary/aromatic N) is 1. The maximum absolute atomic E-state index is 12.9. The van der Waals surface area contributed by atoms with Gasteiger partial charge in [0.1, 0.15) is 0 Å². The highest BCUT2D eigenvalue weighted by molar-refractivity contribution is 7.95.